The van der Waals surface area contributed by atoms with Crippen molar-refractivity contribution in [3.63, 3.8) is 0 Å². The van der Waals surface area contributed by atoms with Gasteiger partial charge in [0.25, 0.3) is 0 Å². The second-order valence-electron chi connectivity index (χ2n) is 6.72. The minimum Gasteiger partial charge on any atom is -0.486 e. The lowest BCUT2D eigenvalue weighted by Crippen LogP contribution is -2.15. The van der Waals surface area contributed by atoms with Crippen molar-refractivity contribution < 1.29 is 14.3 Å². The molecule has 4 N–H and O–H groups in total. The molecule has 146 valence electrons. The molecular weight excluding hydrogens is 388 g/mol. The number of aromatic amines is 1. The highest BCUT2D eigenvalue weighted by atomic mass is 32.1. The number of nitrogen functional groups attached to an aromatic ring is 1. The van der Waals surface area contributed by atoms with Crippen LogP contribution >= 0.6 is 11.3 Å². The van der Waals surface area contributed by atoms with Crippen molar-refractivity contribution in [3.8, 4) is 11.5 Å². The summed E-state index contributed by atoms with van der Waals surface area (Å²) in [6, 6.07) is 13.3. The van der Waals surface area contributed by atoms with Gasteiger partial charge in [-0.15, -0.1) is 0 Å². The number of ketones is 1. The van der Waals surface area contributed by atoms with Crippen molar-refractivity contribution >= 4 is 44.7 Å². The van der Waals surface area contributed by atoms with E-state index in [0.717, 1.165) is 22.3 Å². The normalized spacial score (nSPS) is 12.9. The zero-order valence-electron chi connectivity index (χ0n) is 15.6. The summed E-state index contributed by atoms with van der Waals surface area (Å²) < 4.78 is 11.1. The Bertz CT molecular complexity index is 1240. The van der Waals surface area contributed by atoms with Gasteiger partial charge in [-0.2, -0.15) is 0 Å². The molecule has 0 aliphatic carbocycles. The van der Waals surface area contributed by atoms with Crippen LogP contribution in [0.3, 0.4) is 0 Å². The highest BCUT2D eigenvalue weighted by Gasteiger charge is 2.23. The van der Waals surface area contributed by atoms with Crippen LogP contribution in [-0.2, 0) is 0 Å². The van der Waals surface area contributed by atoms with Crippen LogP contribution in [0, 0.1) is 6.92 Å². The van der Waals surface area contributed by atoms with Gasteiger partial charge in [0.2, 0.25) is 5.78 Å². The lowest BCUT2D eigenvalue weighted by molar-refractivity contribution is 0.104. The van der Waals surface area contributed by atoms with Gasteiger partial charge in [0.1, 0.15) is 23.9 Å². The van der Waals surface area contributed by atoms with Crippen LogP contribution in [0.25, 0.3) is 10.9 Å². The fourth-order valence-corrected chi connectivity index (χ4v) is 4.33. The lowest BCUT2D eigenvalue weighted by atomic mass is 10.1. The van der Waals surface area contributed by atoms with Crippen molar-refractivity contribution in [2.45, 2.75) is 6.92 Å². The largest absolute Gasteiger partial charge is 0.486 e. The number of anilines is 3. The van der Waals surface area contributed by atoms with Gasteiger partial charge < -0.3 is 25.5 Å². The summed E-state index contributed by atoms with van der Waals surface area (Å²) in [5, 5.41) is 4.62. The first-order valence-electron chi connectivity index (χ1n) is 9.15. The van der Waals surface area contributed by atoms with E-state index >= 15 is 0 Å². The van der Waals surface area contributed by atoms with Crippen LogP contribution in [0.4, 0.5) is 16.6 Å². The zero-order valence-corrected chi connectivity index (χ0v) is 16.4. The highest BCUT2D eigenvalue weighted by molar-refractivity contribution is 7.18. The molecule has 7 nitrogen and oxygen atoms in total. The first kappa shape index (κ1) is 17.6. The van der Waals surface area contributed by atoms with Crippen molar-refractivity contribution in [2.75, 3.05) is 24.3 Å². The van der Waals surface area contributed by atoms with E-state index in [4.69, 9.17) is 15.2 Å². The highest BCUT2D eigenvalue weighted by Crippen LogP contribution is 2.36. The monoisotopic (exact) mass is 406 g/mol. The fraction of sp³-hybridized carbons (Fsp3) is 0.143. The number of ether oxygens (including phenoxy) is 2. The molecule has 0 saturated carbocycles. The SMILES string of the molecule is Cc1[nH]c2ccccc2c1C(=O)c1sc(Nc2ccc3c(c2)OCCO3)nc1N. The number of benzene rings is 2. The molecular formula is C21H18N4O3S. The topological polar surface area (TPSA) is 102 Å². The van der Waals surface area contributed by atoms with Gasteiger partial charge in [0.05, 0.1) is 5.56 Å². The Labute approximate surface area is 170 Å². The number of aromatic nitrogens is 2. The van der Waals surface area contributed by atoms with E-state index in [1.807, 2.05) is 49.4 Å². The zero-order chi connectivity index (χ0) is 20.0. The van der Waals surface area contributed by atoms with E-state index in [2.05, 4.69) is 15.3 Å². The quantitative estimate of drug-likeness (QED) is 0.438. The predicted molar refractivity (Wildman–Crippen MR) is 114 cm³/mol. The Kier molecular flexibility index (Phi) is 4.13. The Morgan fingerprint density at radius 1 is 1.17 bits per heavy atom. The van der Waals surface area contributed by atoms with Crippen LogP contribution in [0.15, 0.2) is 42.5 Å². The van der Waals surface area contributed by atoms with Crippen molar-refractivity contribution in [1.82, 2.24) is 9.97 Å². The van der Waals surface area contributed by atoms with E-state index in [-0.39, 0.29) is 11.6 Å². The smallest absolute Gasteiger partial charge is 0.209 e. The van der Waals surface area contributed by atoms with Gasteiger partial charge in [-0.25, -0.2) is 4.98 Å². The molecule has 3 heterocycles. The molecule has 4 aromatic rings. The minimum absolute atomic E-state index is 0.134. The number of thiazole rings is 1. The Morgan fingerprint density at radius 3 is 2.83 bits per heavy atom. The molecule has 2 aromatic heterocycles. The number of carbonyl (C=O) groups is 1. The summed E-state index contributed by atoms with van der Waals surface area (Å²) in [7, 11) is 0. The molecule has 0 spiro atoms. The molecule has 1 aliphatic rings. The van der Waals surface area contributed by atoms with Crippen LogP contribution in [0.2, 0.25) is 0 Å². The van der Waals surface area contributed by atoms with Gasteiger partial charge >= 0.3 is 0 Å². The van der Waals surface area contributed by atoms with Crippen LogP contribution < -0.4 is 20.5 Å². The Balaban J connectivity index is 1.46. The number of aryl methyl sites for hydroxylation is 1. The van der Waals surface area contributed by atoms with Crippen LogP contribution in [0.1, 0.15) is 20.9 Å². The molecule has 0 unspecified atom stereocenters. The van der Waals surface area contributed by atoms with E-state index in [1.165, 1.54) is 11.3 Å². The summed E-state index contributed by atoms with van der Waals surface area (Å²) in [6.07, 6.45) is 0. The average molecular weight is 406 g/mol. The van der Waals surface area contributed by atoms with E-state index in [9.17, 15) is 4.79 Å². The summed E-state index contributed by atoms with van der Waals surface area (Å²) in [4.78, 5) is 21.2. The molecule has 0 saturated heterocycles. The molecule has 0 amide bonds. The van der Waals surface area contributed by atoms with Crippen LogP contribution in [0.5, 0.6) is 11.5 Å². The molecule has 2 aromatic carbocycles. The number of nitrogens with one attached hydrogen (secondary N) is 2. The first-order valence-corrected chi connectivity index (χ1v) is 9.97. The number of fused-ring (bicyclic) bond motifs is 2. The predicted octanol–water partition coefficient (Wildman–Crippen LogP) is 4.26. The maximum absolute atomic E-state index is 13.2. The number of para-hydroxylation sites is 1. The number of hydrogen-bond donors (Lipinski definition) is 3. The standard InChI is InChI=1S/C21H18N4O3S/c1-11-17(13-4-2-3-5-14(13)23-11)18(26)19-20(22)25-21(29-19)24-12-6-7-15-16(10-12)28-9-8-27-15/h2-7,10,23H,8-9,22H2,1H3,(H,24,25). The Morgan fingerprint density at radius 2 is 1.97 bits per heavy atom. The molecule has 29 heavy (non-hydrogen) atoms. The lowest BCUT2D eigenvalue weighted by Gasteiger charge is -2.18. The number of nitrogens with two attached hydrogens (primary N) is 1. The summed E-state index contributed by atoms with van der Waals surface area (Å²) in [5.74, 6) is 1.47. The van der Waals surface area contributed by atoms with E-state index in [0.29, 0.717) is 40.3 Å². The van der Waals surface area contributed by atoms with Gasteiger partial charge in [-0.05, 0) is 25.1 Å². The number of hydrogen-bond acceptors (Lipinski definition) is 7. The molecule has 5 rings (SSSR count). The molecule has 0 bridgehead atoms. The van der Waals surface area contributed by atoms with Crippen molar-refractivity contribution in [2.24, 2.45) is 0 Å². The fourth-order valence-electron chi connectivity index (χ4n) is 3.48. The van der Waals surface area contributed by atoms with Crippen molar-refractivity contribution in [3.05, 3.63) is 58.6 Å². The molecule has 8 heteroatoms. The number of carbonyl (C=O) groups excluding carboxylic acids is 1. The van der Waals surface area contributed by atoms with Gasteiger partial charge in [0, 0.05) is 28.4 Å². The maximum Gasteiger partial charge on any atom is 0.209 e. The van der Waals surface area contributed by atoms with E-state index < -0.39 is 0 Å². The van der Waals surface area contributed by atoms with Gasteiger partial charge in [0.15, 0.2) is 16.6 Å². The maximum atomic E-state index is 13.2. The Hall–Kier alpha value is -3.52. The molecule has 0 atom stereocenters. The summed E-state index contributed by atoms with van der Waals surface area (Å²) >= 11 is 1.23. The summed E-state index contributed by atoms with van der Waals surface area (Å²) in [6.45, 7) is 2.95. The van der Waals surface area contributed by atoms with Crippen molar-refractivity contribution in [1.29, 1.82) is 0 Å². The average Bonchev–Trinajstić information content (AvgIpc) is 3.26. The first-order chi connectivity index (χ1) is 14.1. The van der Waals surface area contributed by atoms with E-state index in [1.54, 1.807) is 0 Å². The third-order valence-corrected chi connectivity index (χ3v) is 5.76. The number of nitrogens with zero attached hydrogens (tertiary/aromatic N) is 1. The molecule has 0 radical (unpaired) electrons. The number of H-pyrrole nitrogens is 1. The number of rotatable bonds is 4. The third kappa shape index (κ3) is 3.07. The van der Waals surface area contributed by atoms with Gasteiger partial charge in [-0.1, -0.05) is 29.5 Å². The minimum atomic E-state index is -0.134. The summed E-state index contributed by atoms with van der Waals surface area (Å²) in [5.41, 5.74) is 9.23. The van der Waals surface area contributed by atoms with Gasteiger partial charge in [-0.3, -0.25) is 4.79 Å². The molecule has 0 fully saturated rings. The molecule has 1 aliphatic heterocycles. The van der Waals surface area contributed by atoms with Crippen LogP contribution in [-0.4, -0.2) is 29.0 Å². The second kappa shape index (κ2) is 6.82. The second-order valence-corrected chi connectivity index (χ2v) is 7.72. The third-order valence-electron chi connectivity index (χ3n) is 4.77.